The van der Waals surface area contributed by atoms with E-state index >= 15 is 0 Å². The molecule has 0 aliphatic heterocycles. The lowest BCUT2D eigenvalue weighted by Gasteiger charge is -2.13. The molecule has 0 unspecified atom stereocenters. The molecule has 0 aliphatic rings. The van der Waals surface area contributed by atoms with Gasteiger partial charge in [-0.3, -0.25) is 0 Å². The molecule has 0 saturated carbocycles. The topological polar surface area (TPSA) is 102 Å². The zero-order valence-corrected chi connectivity index (χ0v) is 17.9. The van der Waals surface area contributed by atoms with E-state index < -0.39 is 16.0 Å². The molecule has 1 heterocycles. The van der Waals surface area contributed by atoms with Crippen molar-refractivity contribution in [2.24, 2.45) is 5.14 Å². The van der Waals surface area contributed by atoms with Crippen LogP contribution in [0.15, 0.2) is 59.5 Å². The second kappa shape index (κ2) is 8.85. The van der Waals surface area contributed by atoms with Crippen LogP contribution in [0.5, 0.6) is 0 Å². The van der Waals surface area contributed by atoms with Gasteiger partial charge in [-0.15, -0.1) is 0 Å². The minimum atomic E-state index is -3.80. The Kier molecular flexibility index (Phi) is 6.43. The first-order valence-electron chi connectivity index (χ1n) is 9.90. The number of aromatic nitrogens is 1. The summed E-state index contributed by atoms with van der Waals surface area (Å²) in [5, 5.41) is 14.8. The van der Waals surface area contributed by atoms with Gasteiger partial charge < -0.3 is 9.67 Å². The Labute approximate surface area is 177 Å². The Bertz CT molecular complexity index is 1150. The average Bonchev–Trinajstić information content (AvgIpc) is 3.05. The number of hydrogen-bond donors (Lipinski definition) is 2. The van der Waals surface area contributed by atoms with Gasteiger partial charge in [0.05, 0.1) is 16.2 Å². The minimum Gasteiger partial charge on any atom is -0.478 e. The maximum Gasteiger partial charge on any atom is 0.337 e. The summed E-state index contributed by atoms with van der Waals surface area (Å²) < 4.78 is 24.9. The Morgan fingerprint density at radius 1 is 1.03 bits per heavy atom. The molecule has 0 radical (unpaired) electrons. The maximum absolute atomic E-state index is 11.7. The lowest BCUT2D eigenvalue weighted by atomic mass is 10.0. The van der Waals surface area contributed by atoms with Crippen molar-refractivity contribution in [1.29, 1.82) is 0 Å². The molecular formula is C23H26N2O4S. The quantitative estimate of drug-likeness (QED) is 0.517. The van der Waals surface area contributed by atoms with Crippen molar-refractivity contribution in [1.82, 2.24) is 4.57 Å². The van der Waals surface area contributed by atoms with Crippen molar-refractivity contribution in [3.63, 3.8) is 0 Å². The van der Waals surface area contributed by atoms with Gasteiger partial charge in [0.2, 0.25) is 10.0 Å². The lowest BCUT2D eigenvalue weighted by Crippen LogP contribution is -2.12. The Morgan fingerprint density at radius 3 is 2.20 bits per heavy atom. The third-order valence-electron chi connectivity index (χ3n) is 5.22. The summed E-state index contributed by atoms with van der Waals surface area (Å²) in [6.07, 6.45) is 4.53. The number of carbonyl (C=O) groups is 1. The molecule has 1 aromatic heterocycles. The van der Waals surface area contributed by atoms with Crippen LogP contribution in [0.3, 0.4) is 0 Å². The molecule has 3 N–H and O–H groups in total. The van der Waals surface area contributed by atoms with Crippen molar-refractivity contribution in [2.45, 2.75) is 44.4 Å². The van der Waals surface area contributed by atoms with Gasteiger partial charge in [0.15, 0.2) is 0 Å². The molecule has 0 amide bonds. The molecule has 3 aromatic rings. The third-order valence-corrected chi connectivity index (χ3v) is 6.15. The molecule has 7 heteroatoms. The van der Waals surface area contributed by atoms with Crippen molar-refractivity contribution >= 4 is 16.0 Å². The number of hydrogen-bond acceptors (Lipinski definition) is 3. The molecule has 6 nitrogen and oxygen atoms in total. The number of carboxylic acid groups (broad SMARTS) is 1. The molecule has 0 fully saturated rings. The van der Waals surface area contributed by atoms with Crippen LogP contribution in [-0.4, -0.2) is 24.1 Å². The van der Waals surface area contributed by atoms with Gasteiger partial charge >= 0.3 is 5.97 Å². The van der Waals surface area contributed by atoms with Crippen LogP contribution in [0.4, 0.5) is 0 Å². The van der Waals surface area contributed by atoms with Gasteiger partial charge in [0, 0.05) is 11.4 Å². The van der Waals surface area contributed by atoms with E-state index in [1.807, 2.05) is 16.7 Å². The summed E-state index contributed by atoms with van der Waals surface area (Å²) in [5.74, 6) is -1.01. The summed E-state index contributed by atoms with van der Waals surface area (Å²) in [6, 6.07) is 15.9. The van der Waals surface area contributed by atoms with E-state index in [0.717, 1.165) is 24.1 Å². The molecule has 0 bridgehead atoms. The summed E-state index contributed by atoms with van der Waals surface area (Å²) in [4.78, 5) is 11.7. The predicted octanol–water partition coefficient (Wildman–Crippen LogP) is 4.53. The maximum atomic E-state index is 11.7. The molecule has 0 atom stereocenters. The van der Waals surface area contributed by atoms with Crippen LogP contribution in [-0.2, 0) is 16.4 Å². The van der Waals surface area contributed by atoms with Crippen molar-refractivity contribution in [3.05, 3.63) is 71.4 Å². The number of primary sulfonamides is 1. The van der Waals surface area contributed by atoms with E-state index in [9.17, 15) is 18.3 Å². The zero-order valence-electron chi connectivity index (χ0n) is 17.1. The highest BCUT2D eigenvalue weighted by atomic mass is 32.2. The van der Waals surface area contributed by atoms with E-state index in [-0.39, 0.29) is 10.5 Å². The predicted molar refractivity (Wildman–Crippen MR) is 118 cm³/mol. The number of nitrogens with two attached hydrogens (primary N) is 1. The zero-order chi connectivity index (χ0) is 21.9. The van der Waals surface area contributed by atoms with Gasteiger partial charge in [-0.25, -0.2) is 18.4 Å². The van der Waals surface area contributed by atoms with E-state index in [1.165, 1.54) is 30.5 Å². The standard InChI is InChI=1S/C23H26N2O4S/c1-3-4-5-6-17-7-9-18(10-8-17)22-15-21(23(26)27)16(2)25(22)19-11-13-20(14-12-19)30(24,28)29/h7-15H,3-6H2,1-2H3,(H,26,27)(H2,24,28,29). The highest BCUT2D eigenvalue weighted by molar-refractivity contribution is 7.89. The normalized spacial score (nSPS) is 11.6. The van der Waals surface area contributed by atoms with E-state index in [2.05, 4.69) is 19.1 Å². The van der Waals surface area contributed by atoms with E-state index in [0.29, 0.717) is 11.4 Å². The number of nitrogens with zero attached hydrogens (tertiary/aromatic N) is 1. The summed E-state index contributed by atoms with van der Waals surface area (Å²) in [5.41, 5.74) is 4.29. The van der Waals surface area contributed by atoms with Crippen LogP contribution < -0.4 is 5.14 Å². The Morgan fingerprint density at radius 2 is 1.67 bits per heavy atom. The second-order valence-electron chi connectivity index (χ2n) is 7.36. The molecule has 158 valence electrons. The van der Waals surface area contributed by atoms with Crippen LogP contribution in [0.25, 0.3) is 16.9 Å². The van der Waals surface area contributed by atoms with Gasteiger partial charge in [-0.2, -0.15) is 0 Å². The second-order valence-corrected chi connectivity index (χ2v) is 8.92. The first kappa shape index (κ1) is 21.8. The van der Waals surface area contributed by atoms with Crippen molar-refractivity contribution in [3.8, 4) is 16.9 Å². The van der Waals surface area contributed by atoms with Gasteiger partial charge in [-0.05, 0) is 61.2 Å². The number of rotatable bonds is 8. The molecule has 0 spiro atoms. The first-order valence-corrected chi connectivity index (χ1v) is 11.4. The van der Waals surface area contributed by atoms with Gasteiger partial charge in [-0.1, -0.05) is 44.0 Å². The summed E-state index contributed by atoms with van der Waals surface area (Å²) >= 11 is 0. The number of sulfonamides is 1. The minimum absolute atomic E-state index is 0.00694. The van der Waals surface area contributed by atoms with Gasteiger partial charge in [0.1, 0.15) is 0 Å². The number of carboxylic acids is 1. The molecular weight excluding hydrogens is 400 g/mol. The molecule has 3 rings (SSSR count). The van der Waals surface area contributed by atoms with Crippen molar-refractivity contribution < 1.29 is 18.3 Å². The van der Waals surface area contributed by atoms with E-state index in [1.54, 1.807) is 25.1 Å². The van der Waals surface area contributed by atoms with Gasteiger partial charge in [0.25, 0.3) is 0 Å². The number of aryl methyl sites for hydroxylation is 1. The average molecular weight is 427 g/mol. The van der Waals surface area contributed by atoms with Crippen molar-refractivity contribution in [2.75, 3.05) is 0 Å². The van der Waals surface area contributed by atoms with E-state index in [4.69, 9.17) is 5.14 Å². The number of benzene rings is 2. The highest BCUT2D eigenvalue weighted by Crippen LogP contribution is 2.30. The molecule has 0 saturated heterocycles. The fraction of sp³-hybridized carbons (Fsp3) is 0.261. The monoisotopic (exact) mass is 426 g/mol. The van der Waals surface area contributed by atoms with Crippen LogP contribution in [0, 0.1) is 6.92 Å². The lowest BCUT2D eigenvalue weighted by molar-refractivity contribution is 0.0696. The first-order chi connectivity index (χ1) is 14.2. The van der Waals surface area contributed by atoms with Crippen LogP contribution >= 0.6 is 0 Å². The number of aromatic carboxylic acids is 1. The fourth-order valence-corrected chi connectivity index (χ4v) is 4.09. The SMILES string of the molecule is CCCCCc1ccc(-c2cc(C(=O)O)c(C)n2-c2ccc(S(N)(=O)=O)cc2)cc1. The number of unbranched alkanes of at least 4 members (excludes halogenated alkanes) is 2. The highest BCUT2D eigenvalue weighted by Gasteiger charge is 2.19. The van der Waals surface area contributed by atoms with Crippen LogP contribution in [0.2, 0.25) is 0 Å². The summed E-state index contributed by atoms with van der Waals surface area (Å²) in [7, 11) is -3.80. The smallest absolute Gasteiger partial charge is 0.337 e. The molecule has 30 heavy (non-hydrogen) atoms. The summed E-state index contributed by atoms with van der Waals surface area (Å²) in [6.45, 7) is 3.91. The van der Waals surface area contributed by atoms with Crippen LogP contribution in [0.1, 0.15) is 47.8 Å². The largest absolute Gasteiger partial charge is 0.478 e. The molecule has 2 aromatic carbocycles. The Balaban J connectivity index is 2.05. The third kappa shape index (κ3) is 4.63. The molecule has 0 aliphatic carbocycles. The Hall–Kier alpha value is -2.90. The fourth-order valence-electron chi connectivity index (χ4n) is 3.57.